The number of carbonyl (C=O) groups is 1. The van der Waals surface area contributed by atoms with Crippen molar-refractivity contribution >= 4 is 17.4 Å². The summed E-state index contributed by atoms with van der Waals surface area (Å²) in [7, 11) is 1.68. The van der Waals surface area contributed by atoms with Gasteiger partial charge in [0.2, 0.25) is 0 Å². The van der Waals surface area contributed by atoms with Crippen LogP contribution in [-0.4, -0.2) is 33.2 Å². The first-order valence-corrected chi connectivity index (χ1v) is 5.80. The number of anilines is 2. The van der Waals surface area contributed by atoms with Gasteiger partial charge in [-0.1, -0.05) is 0 Å². The highest BCUT2D eigenvalue weighted by Crippen LogP contribution is 2.11. The normalized spacial score (nSPS) is 10.2. The maximum atomic E-state index is 11.9. The van der Waals surface area contributed by atoms with E-state index in [1.54, 1.807) is 31.3 Å². The maximum Gasteiger partial charge on any atom is 0.321 e. The van der Waals surface area contributed by atoms with Gasteiger partial charge in [-0.2, -0.15) is 5.10 Å². The van der Waals surface area contributed by atoms with Crippen LogP contribution >= 0.6 is 0 Å². The van der Waals surface area contributed by atoms with Crippen LogP contribution in [0, 0.1) is 6.92 Å². The Morgan fingerprint density at radius 1 is 1.42 bits per heavy atom. The SMILES string of the molecule is Cc1nc(CN(C)C(=O)Nc2ccc(N)cc2)n[nH]1. The van der Waals surface area contributed by atoms with Crippen LogP contribution in [0.5, 0.6) is 0 Å². The molecule has 0 fully saturated rings. The summed E-state index contributed by atoms with van der Waals surface area (Å²) in [4.78, 5) is 17.6. The number of aromatic amines is 1. The molecule has 2 rings (SSSR count). The first-order valence-electron chi connectivity index (χ1n) is 5.80. The zero-order valence-corrected chi connectivity index (χ0v) is 10.8. The number of hydrogen-bond donors (Lipinski definition) is 3. The fourth-order valence-corrected chi connectivity index (χ4v) is 1.53. The third-order valence-corrected chi connectivity index (χ3v) is 2.53. The van der Waals surface area contributed by atoms with Crippen molar-refractivity contribution < 1.29 is 4.79 Å². The highest BCUT2D eigenvalue weighted by molar-refractivity contribution is 5.89. The van der Waals surface area contributed by atoms with Crippen molar-refractivity contribution in [2.45, 2.75) is 13.5 Å². The van der Waals surface area contributed by atoms with E-state index in [0.717, 1.165) is 5.82 Å². The molecule has 0 atom stereocenters. The van der Waals surface area contributed by atoms with Gasteiger partial charge in [-0.15, -0.1) is 0 Å². The lowest BCUT2D eigenvalue weighted by Crippen LogP contribution is -2.31. The van der Waals surface area contributed by atoms with Gasteiger partial charge >= 0.3 is 6.03 Å². The molecule has 19 heavy (non-hydrogen) atoms. The van der Waals surface area contributed by atoms with Gasteiger partial charge in [0, 0.05) is 18.4 Å². The Morgan fingerprint density at radius 2 is 2.11 bits per heavy atom. The van der Waals surface area contributed by atoms with E-state index in [-0.39, 0.29) is 6.03 Å². The van der Waals surface area contributed by atoms with Gasteiger partial charge < -0.3 is 16.0 Å². The average molecular weight is 260 g/mol. The molecule has 100 valence electrons. The molecule has 1 aromatic carbocycles. The van der Waals surface area contributed by atoms with E-state index in [2.05, 4.69) is 20.5 Å². The summed E-state index contributed by atoms with van der Waals surface area (Å²) in [6, 6.07) is 6.73. The summed E-state index contributed by atoms with van der Waals surface area (Å²) in [5.74, 6) is 1.30. The van der Waals surface area contributed by atoms with Crippen molar-refractivity contribution in [1.29, 1.82) is 0 Å². The predicted molar refractivity (Wildman–Crippen MR) is 72.5 cm³/mol. The average Bonchev–Trinajstić information content (AvgIpc) is 2.77. The van der Waals surface area contributed by atoms with Crippen LogP contribution in [0.1, 0.15) is 11.6 Å². The summed E-state index contributed by atoms with van der Waals surface area (Å²) >= 11 is 0. The summed E-state index contributed by atoms with van der Waals surface area (Å²) in [5.41, 5.74) is 6.93. The van der Waals surface area contributed by atoms with E-state index in [1.165, 1.54) is 4.90 Å². The second kappa shape index (κ2) is 5.38. The molecule has 7 nitrogen and oxygen atoms in total. The summed E-state index contributed by atoms with van der Waals surface area (Å²) in [5, 5.41) is 9.48. The number of benzene rings is 1. The predicted octanol–water partition coefficient (Wildman–Crippen LogP) is 1.36. The molecule has 0 aliphatic rings. The molecule has 1 aromatic heterocycles. The number of hydrogen-bond acceptors (Lipinski definition) is 4. The van der Waals surface area contributed by atoms with E-state index in [4.69, 9.17) is 5.73 Å². The molecule has 0 bridgehead atoms. The zero-order chi connectivity index (χ0) is 13.8. The molecule has 0 aliphatic carbocycles. The molecule has 4 N–H and O–H groups in total. The molecule has 0 saturated heterocycles. The van der Waals surface area contributed by atoms with E-state index >= 15 is 0 Å². The fourth-order valence-electron chi connectivity index (χ4n) is 1.53. The number of nitrogens with zero attached hydrogens (tertiary/aromatic N) is 3. The molecular weight excluding hydrogens is 244 g/mol. The number of nitrogen functional groups attached to an aromatic ring is 1. The van der Waals surface area contributed by atoms with Crippen LogP contribution < -0.4 is 11.1 Å². The summed E-state index contributed by atoms with van der Waals surface area (Å²) in [6.07, 6.45) is 0. The van der Waals surface area contributed by atoms with Crippen molar-refractivity contribution in [3.8, 4) is 0 Å². The van der Waals surface area contributed by atoms with E-state index in [9.17, 15) is 4.79 Å². The van der Waals surface area contributed by atoms with Crippen molar-refractivity contribution in [3.63, 3.8) is 0 Å². The Labute approximate surface area is 110 Å². The number of nitrogens with one attached hydrogen (secondary N) is 2. The molecule has 2 aromatic rings. The van der Waals surface area contributed by atoms with Crippen LogP contribution in [0.3, 0.4) is 0 Å². The van der Waals surface area contributed by atoms with Gasteiger partial charge in [0.25, 0.3) is 0 Å². The number of aromatic nitrogens is 3. The Hall–Kier alpha value is -2.57. The molecule has 1 heterocycles. The first-order chi connectivity index (χ1) is 9.04. The van der Waals surface area contributed by atoms with Crippen molar-refractivity contribution in [2.24, 2.45) is 0 Å². The minimum absolute atomic E-state index is 0.229. The lowest BCUT2D eigenvalue weighted by atomic mass is 10.3. The van der Waals surface area contributed by atoms with Crippen molar-refractivity contribution in [3.05, 3.63) is 35.9 Å². The number of rotatable bonds is 3. The third kappa shape index (κ3) is 3.44. The largest absolute Gasteiger partial charge is 0.399 e. The summed E-state index contributed by atoms with van der Waals surface area (Å²) in [6.45, 7) is 2.15. The Kier molecular flexibility index (Phi) is 3.65. The van der Waals surface area contributed by atoms with Crippen LogP contribution in [0.25, 0.3) is 0 Å². The highest BCUT2D eigenvalue weighted by atomic mass is 16.2. The van der Waals surface area contributed by atoms with Crippen LogP contribution in [0.4, 0.5) is 16.2 Å². The smallest absolute Gasteiger partial charge is 0.321 e. The number of amides is 2. The van der Waals surface area contributed by atoms with Crippen molar-refractivity contribution in [2.75, 3.05) is 18.1 Å². The molecule has 0 unspecified atom stereocenters. The minimum Gasteiger partial charge on any atom is -0.399 e. The van der Waals surface area contributed by atoms with Gasteiger partial charge in [0.05, 0.1) is 6.54 Å². The monoisotopic (exact) mass is 260 g/mol. The number of H-pyrrole nitrogens is 1. The minimum atomic E-state index is -0.229. The Morgan fingerprint density at radius 3 is 2.68 bits per heavy atom. The van der Waals surface area contributed by atoms with Gasteiger partial charge in [-0.3, -0.25) is 5.10 Å². The van der Waals surface area contributed by atoms with Crippen LogP contribution in [0.15, 0.2) is 24.3 Å². The third-order valence-electron chi connectivity index (χ3n) is 2.53. The van der Waals surface area contributed by atoms with Crippen LogP contribution in [0.2, 0.25) is 0 Å². The first kappa shape index (κ1) is 12.9. The Bertz CT molecular complexity index is 562. The van der Waals surface area contributed by atoms with E-state index in [0.29, 0.717) is 23.7 Å². The lowest BCUT2D eigenvalue weighted by Gasteiger charge is -2.16. The van der Waals surface area contributed by atoms with Gasteiger partial charge in [0.1, 0.15) is 5.82 Å². The molecule has 0 saturated carbocycles. The standard InChI is InChI=1S/C12H16N6O/c1-8-14-11(17-16-8)7-18(2)12(19)15-10-5-3-9(13)4-6-10/h3-6H,7,13H2,1-2H3,(H,15,19)(H,14,16,17). The molecule has 0 radical (unpaired) electrons. The second-order valence-electron chi connectivity index (χ2n) is 4.25. The molecular formula is C12H16N6O. The van der Waals surface area contributed by atoms with Gasteiger partial charge in [-0.25, -0.2) is 9.78 Å². The number of urea groups is 1. The van der Waals surface area contributed by atoms with Crippen LogP contribution in [-0.2, 0) is 6.54 Å². The number of aryl methyl sites for hydroxylation is 1. The molecule has 0 aliphatic heterocycles. The maximum absolute atomic E-state index is 11.9. The van der Waals surface area contributed by atoms with Gasteiger partial charge in [-0.05, 0) is 31.2 Å². The lowest BCUT2D eigenvalue weighted by molar-refractivity contribution is 0.219. The second-order valence-corrected chi connectivity index (χ2v) is 4.25. The van der Waals surface area contributed by atoms with Gasteiger partial charge in [0.15, 0.2) is 5.82 Å². The molecule has 2 amide bonds. The topological polar surface area (TPSA) is 99.9 Å². The summed E-state index contributed by atoms with van der Waals surface area (Å²) < 4.78 is 0. The highest BCUT2D eigenvalue weighted by Gasteiger charge is 2.11. The zero-order valence-electron chi connectivity index (χ0n) is 10.8. The Balaban J connectivity index is 1.94. The van der Waals surface area contributed by atoms with E-state index < -0.39 is 0 Å². The molecule has 7 heteroatoms. The van der Waals surface area contributed by atoms with E-state index in [1.807, 2.05) is 6.92 Å². The quantitative estimate of drug-likeness (QED) is 0.725. The number of nitrogens with two attached hydrogens (primary N) is 1. The number of carbonyl (C=O) groups excluding carboxylic acids is 1. The van der Waals surface area contributed by atoms with Crippen molar-refractivity contribution in [1.82, 2.24) is 20.1 Å². The molecule has 0 spiro atoms. The fraction of sp³-hybridized carbons (Fsp3) is 0.250.